The number of rotatable bonds is 3. The van der Waals surface area contributed by atoms with Crippen LogP contribution in [0.5, 0.6) is 0 Å². The van der Waals surface area contributed by atoms with Gasteiger partial charge in [0, 0.05) is 26.7 Å². The number of hydrogen-bond donors (Lipinski definition) is 1. The van der Waals surface area contributed by atoms with Gasteiger partial charge in [0.25, 0.3) is 5.91 Å². The van der Waals surface area contributed by atoms with E-state index in [1.807, 2.05) is 18.2 Å². The number of fused-ring (bicyclic) bond motifs is 1. The first-order chi connectivity index (χ1) is 9.74. The number of amides is 1. The van der Waals surface area contributed by atoms with Gasteiger partial charge in [-0.25, -0.2) is 4.63 Å². The molecule has 1 fully saturated rings. The van der Waals surface area contributed by atoms with Crippen LogP contribution in [-0.2, 0) is 16.1 Å². The molecule has 1 amide bonds. The van der Waals surface area contributed by atoms with Crippen molar-refractivity contribution in [2.45, 2.75) is 12.6 Å². The maximum absolute atomic E-state index is 12.2. The number of ether oxygens (including phenoxy) is 1. The van der Waals surface area contributed by atoms with Crippen molar-refractivity contribution in [1.82, 2.24) is 20.5 Å². The van der Waals surface area contributed by atoms with Gasteiger partial charge in [0.15, 0.2) is 0 Å². The molecular formula is C13H16N4O3. The lowest BCUT2D eigenvalue weighted by atomic mass is 10.2. The second kappa shape index (κ2) is 5.56. The number of benzene rings is 1. The molecule has 0 radical (unpaired) electrons. The lowest BCUT2D eigenvalue weighted by Crippen LogP contribution is -2.48. The Balaban J connectivity index is 1.67. The van der Waals surface area contributed by atoms with Gasteiger partial charge in [-0.05, 0) is 28.0 Å². The van der Waals surface area contributed by atoms with E-state index >= 15 is 0 Å². The molecule has 0 unspecified atom stereocenters. The lowest BCUT2D eigenvalue weighted by Gasteiger charge is -2.27. The lowest BCUT2D eigenvalue weighted by molar-refractivity contribution is -0.144. The Morgan fingerprint density at radius 1 is 1.45 bits per heavy atom. The van der Waals surface area contributed by atoms with Crippen molar-refractivity contribution in [2.75, 3.05) is 26.7 Å². The monoisotopic (exact) mass is 276 g/mol. The average molecular weight is 276 g/mol. The number of carbonyl (C=O) groups is 1. The van der Waals surface area contributed by atoms with Crippen LogP contribution in [0.15, 0.2) is 22.8 Å². The van der Waals surface area contributed by atoms with Crippen LogP contribution < -0.4 is 5.32 Å². The quantitative estimate of drug-likeness (QED) is 0.860. The van der Waals surface area contributed by atoms with Gasteiger partial charge in [0.1, 0.15) is 17.1 Å². The van der Waals surface area contributed by atoms with Crippen molar-refractivity contribution < 1.29 is 14.2 Å². The molecular weight excluding hydrogens is 260 g/mol. The van der Waals surface area contributed by atoms with Crippen LogP contribution in [0.2, 0.25) is 0 Å². The Morgan fingerprint density at radius 2 is 2.30 bits per heavy atom. The standard InChI is InChI=1S/C13H16N4O3/c1-17(13(18)12-7-14-4-5-19-12)8-9-2-3-10-11(6-9)16-20-15-10/h2-3,6,12,14H,4-5,7-8H2,1H3/t12-/m0/s1. The minimum Gasteiger partial charge on any atom is -0.366 e. The summed E-state index contributed by atoms with van der Waals surface area (Å²) in [7, 11) is 1.77. The summed E-state index contributed by atoms with van der Waals surface area (Å²) in [6.07, 6.45) is -0.397. The average Bonchev–Trinajstić information content (AvgIpc) is 2.95. The summed E-state index contributed by atoms with van der Waals surface area (Å²) in [5.41, 5.74) is 2.38. The highest BCUT2D eigenvalue weighted by molar-refractivity contribution is 5.81. The number of nitrogens with one attached hydrogen (secondary N) is 1. The third-order valence-corrected chi connectivity index (χ3v) is 3.32. The first-order valence-corrected chi connectivity index (χ1v) is 6.52. The van der Waals surface area contributed by atoms with Crippen molar-refractivity contribution in [3.8, 4) is 0 Å². The van der Waals surface area contributed by atoms with E-state index in [9.17, 15) is 4.79 Å². The molecule has 1 aromatic heterocycles. The number of aromatic nitrogens is 2. The first kappa shape index (κ1) is 13.0. The summed E-state index contributed by atoms with van der Waals surface area (Å²) in [5, 5.41) is 10.7. The molecule has 1 saturated heterocycles. The van der Waals surface area contributed by atoms with E-state index in [4.69, 9.17) is 4.74 Å². The Hall–Kier alpha value is -1.99. The SMILES string of the molecule is CN(Cc1ccc2nonc2c1)C(=O)[C@@H]1CNCCO1. The van der Waals surface area contributed by atoms with Gasteiger partial charge >= 0.3 is 0 Å². The summed E-state index contributed by atoms with van der Waals surface area (Å²) < 4.78 is 10.1. The number of nitrogens with zero attached hydrogens (tertiary/aromatic N) is 3. The minimum absolute atomic E-state index is 0.0180. The van der Waals surface area contributed by atoms with E-state index in [2.05, 4.69) is 20.3 Å². The maximum Gasteiger partial charge on any atom is 0.253 e. The van der Waals surface area contributed by atoms with Crippen LogP contribution in [0.3, 0.4) is 0 Å². The van der Waals surface area contributed by atoms with E-state index in [1.54, 1.807) is 11.9 Å². The fourth-order valence-corrected chi connectivity index (χ4v) is 2.25. The van der Waals surface area contributed by atoms with Gasteiger partial charge < -0.3 is 15.0 Å². The van der Waals surface area contributed by atoms with Gasteiger partial charge in [-0.1, -0.05) is 6.07 Å². The largest absolute Gasteiger partial charge is 0.366 e. The van der Waals surface area contributed by atoms with Gasteiger partial charge in [0.05, 0.1) is 6.61 Å². The fourth-order valence-electron chi connectivity index (χ4n) is 2.25. The molecule has 106 valence electrons. The highest BCUT2D eigenvalue weighted by Crippen LogP contribution is 2.13. The predicted octanol–water partition coefficient (Wildman–Crippen LogP) is 0.170. The summed E-state index contributed by atoms with van der Waals surface area (Å²) in [5.74, 6) is -0.0180. The molecule has 0 bridgehead atoms. The molecule has 0 saturated carbocycles. The van der Waals surface area contributed by atoms with E-state index in [-0.39, 0.29) is 5.91 Å². The van der Waals surface area contributed by atoms with Crippen molar-refractivity contribution in [3.63, 3.8) is 0 Å². The van der Waals surface area contributed by atoms with Crippen LogP contribution in [0.25, 0.3) is 11.0 Å². The molecule has 7 nitrogen and oxygen atoms in total. The van der Waals surface area contributed by atoms with Crippen molar-refractivity contribution in [3.05, 3.63) is 23.8 Å². The molecule has 1 aliphatic rings. The maximum atomic E-state index is 12.2. The van der Waals surface area contributed by atoms with E-state index in [0.29, 0.717) is 30.7 Å². The van der Waals surface area contributed by atoms with Crippen LogP contribution in [0.4, 0.5) is 0 Å². The number of morpholine rings is 1. The molecule has 1 atom stereocenters. The predicted molar refractivity (Wildman–Crippen MR) is 70.9 cm³/mol. The van der Waals surface area contributed by atoms with Crippen LogP contribution in [0, 0.1) is 0 Å². The van der Waals surface area contributed by atoms with Crippen molar-refractivity contribution >= 4 is 16.9 Å². The van der Waals surface area contributed by atoms with E-state index in [0.717, 1.165) is 12.1 Å². The first-order valence-electron chi connectivity index (χ1n) is 6.52. The molecule has 3 rings (SSSR count). The van der Waals surface area contributed by atoms with Crippen LogP contribution >= 0.6 is 0 Å². The third kappa shape index (κ3) is 2.63. The molecule has 0 spiro atoms. The summed E-state index contributed by atoms with van der Waals surface area (Å²) in [6, 6.07) is 5.62. The molecule has 2 aromatic rings. The summed E-state index contributed by atoms with van der Waals surface area (Å²) >= 11 is 0. The zero-order valence-corrected chi connectivity index (χ0v) is 11.2. The normalized spacial score (nSPS) is 19.1. The molecule has 0 aliphatic carbocycles. The second-order valence-electron chi connectivity index (χ2n) is 4.85. The molecule has 1 N–H and O–H groups in total. The number of likely N-dealkylation sites (N-methyl/N-ethyl adjacent to an activating group) is 1. The third-order valence-electron chi connectivity index (χ3n) is 3.32. The molecule has 20 heavy (non-hydrogen) atoms. The zero-order chi connectivity index (χ0) is 13.9. The van der Waals surface area contributed by atoms with Crippen LogP contribution in [-0.4, -0.2) is 54.0 Å². The van der Waals surface area contributed by atoms with Gasteiger partial charge in [-0.2, -0.15) is 0 Å². The fraction of sp³-hybridized carbons (Fsp3) is 0.462. The number of hydrogen-bond acceptors (Lipinski definition) is 6. The summed E-state index contributed by atoms with van der Waals surface area (Å²) in [4.78, 5) is 13.9. The molecule has 1 aliphatic heterocycles. The Labute approximate surface area is 115 Å². The Kier molecular flexibility index (Phi) is 3.62. The van der Waals surface area contributed by atoms with Gasteiger partial charge in [0.2, 0.25) is 0 Å². The van der Waals surface area contributed by atoms with Gasteiger partial charge in [-0.3, -0.25) is 4.79 Å². The van der Waals surface area contributed by atoms with Crippen LogP contribution in [0.1, 0.15) is 5.56 Å². The highest BCUT2D eigenvalue weighted by Gasteiger charge is 2.24. The topological polar surface area (TPSA) is 80.5 Å². The Morgan fingerprint density at radius 3 is 3.10 bits per heavy atom. The summed E-state index contributed by atoms with van der Waals surface area (Å²) in [6.45, 7) is 2.43. The van der Waals surface area contributed by atoms with Gasteiger partial charge in [-0.15, -0.1) is 0 Å². The van der Waals surface area contributed by atoms with Crippen molar-refractivity contribution in [1.29, 1.82) is 0 Å². The highest BCUT2D eigenvalue weighted by atomic mass is 16.6. The van der Waals surface area contributed by atoms with E-state index < -0.39 is 6.10 Å². The zero-order valence-electron chi connectivity index (χ0n) is 11.2. The molecule has 1 aromatic carbocycles. The Bertz CT molecular complexity index is 606. The van der Waals surface area contributed by atoms with E-state index in [1.165, 1.54) is 0 Å². The van der Waals surface area contributed by atoms with Crippen molar-refractivity contribution in [2.24, 2.45) is 0 Å². The number of carbonyl (C=O) groups excluding carboxylic acids is 1. The molecule has 2 heterocycles. The minimum atomic E-state index is -0.397. The molecule has 7 heteroatoms. The smallest absolute Gasteiger partial charge is 0.253 e. The second-order valence-corrected chi connectivity index (χ2v) is 4.85.